The van der Waals surface area contributed by atoms with E-state index in [-0.39, 0.29) is 12.6 Å². The second-order valence-corrected chi connectivity index (χ2v) is 8.23. The normalized spacial score (nSPS) is 15.4. The molecule has 10 heteroatoms. The van der Waals surface area contributed by atoms with Crippen LogP contribution in [0.1, 0.15) is 12.8 Å². The molecule has 1 saturated heterocycles. The average molecular weight is 477 g/mol. The number of ether oxygens (including phenoxy) is 3. The van der Waals surface area contributed by atoms with Crippen LogP contribution in [0.3, 0.4) is 0 Å². The highest BCUT2D eigenvalue weighted by Gasteiger charge is 2.27. The minimum Gasteiger partial charge on any atom is -0.493 e. The van der Waals surface area contributed by atoms with Gasteiger partial charge in [-0.25, -0.2) is 9.97 Å². The molecular weight excluding hydrogens is 448 g/mol. The minimum absolute atomic E-state index is 0.0559. The van der Waals surface area contributed by atoms with Crippen molar-refractivity contribution in [1.82, 2.24) is 19.5 Å². The Morgan fingerprint density at radius 2 is 1.83 bits per heavy atom. The van der Waals surface area contributed by atoms with Crippen LogP contribution in [-0.4, -0.2) is 65.1 Å². The van der Waals surface area contributed by atoms with E-state index in [1.54, 1.807) is 27.7 Å². The molecular formula is C25H28N6O4. The van der Waals surface area contributed by atoms with E-state index in [4.69, 9.17) is 24.2 Å². The average Bonchev–Trinajstić information content (AvgIpc) is 3.57. The fourth-order valence-corrected chi connectivity index (χ4v) is 4.50. The molecule has 0 radical (unpaired) electrons. The van der Waals surface area contributed by atoms with Crippen molar-refractivity contribution >= 4 is 28.5 Å². The molecule has 2 aromatic carbocycles. The number of hydrogen-bond acceptors (Lipinski definition) is 9. The topological polar surface area (TPSA) is 107 Å². The van der Waals surface area contributed by atoms with Gasteiger partial charge in [-0.1, -0.05) is 12.1 Å². The van der Waals surface area contributed by atoms with Gasteiger partial charge in [-0.05, 0) is 25.0 Å². The maximum absolute atomic E-state index is 9.85. The van der Waals surface area contributed by atoms with E-state index in [0.29, 0.717) is 29.0 Å². The zero-order valence-corrected chi connectivity index (χ0v) is 19.9. The molecule has 1 atom stereocenters. The standard InChI is InChI=1S/C25H28N6O4/c1-33-20-11-17(12-21(34-2)23(20)35-3)30-13-22(26-15-30)28-25-27-19-9-5-4-8-18(19)24(29-25)31-10-6-7-16(31)14-32/h4-5,8-9,11-13,15-16,32H,6-7,10,14H2,1-3H3,(H,27,28,29). The first-order chi connectivity index (χ1) is 17.1. The second-order valence-electron chi connectivity index (χ2n) is 8.23. The Bertz CT molecular complexity index is 1320. The summed E-state index contributed by atoms with van der Waals surface area (Å²) in [7, 11) is 4.73. The van der Waals surface area contributed by atoms with E-state index in [9.17, 15) is 5.11 Å². The molecule has 1 aliphatic rings. The van der Waals surface area contributed by atoms with Crippen LogP contribution >= 0.6 is 0 Å². The molecule has 0 bridgehead atoms. The van der Waals surface area contributed by atoms with Crippen molar-refractivity contribution in [2.45, 2.75) is 18.9 Å². The van der Waals surface area contributed by atoms with Gasteiger partial charge in [0, 0.05) is 24.1 Å². The van der Waals surface area contributed by atoms with Crippen molar-refractivity contribution in [2.75, 3.05) is 44.7 Å². The molecule has 2 aromatic heterocycles. The number of aliphatic hydroxyl groups is 1. The first-order valence-electron chi connectivity index (χ1n) is 11.4. The highest BCUT2D eigenvalue weighted by atomic mass is 16.5. The van der Waals surface area contributed by atoms with Gasteiger partial charge in [0.2, 0.25) is 11.7 Å². The van der Waals surface area contributed by atoms with Gasteiger partial charge in [-0.2, -0.15) is 4.98 Å². The van der Waals surface area contributed by atoms with E-state index in [1.807, 2.05) is 47.2 Å². The van der Waals surface area contributed by atoms with E-state index >= 15 is 0 Å². The quantitative estimate of drug-likeness (QED) is 0.395. The molecule has 4 aromatic rings. The van der Waals surface area contributed by atoms with Crippen molar-refractivity contribution in [3.63, 3.8) is 0 Å². The molecule has 1 fully saturated rings. The summed E-state index contributed by atoms with van der Waals surface area (Å²) < 4.78 is 18.2. The zero-order valence-electron chi connectivity index (χ0n) is 19.9. The summed E-state index contributed by atoms with van der Waals surface area (Å²) in [6, 6.07) is 11.7. The third kappa shape index (κ3) is 4.28. The molecule has 5 rings (SSSR count). The summed E-state index contributed by atoms with van der Waals surface area (Å²) in [5, 5.41) is 14.0. The number of anilines is 3. The van der Waals surface area contributed by atoms with Crippen LogP contribution in [0.4, 0.5) is 17.6 Å². The summed E-state index contributed by atoms with van der Waals surface area (Å²) in [5.74, 6) is 3.47. The van der Waals surface area contributed by atoms with Gasteiger partial charge >= 0.3 is 0 Å². The number of nitrogens with zero attached hydrogens (tertiary/aromatic N) is 5. The summed E-state index contributed by atoms with van der Waals surface area (Å²) in [6.07, 6.45) is 5.49. The Hall–Kier alpha value is -4.05. The maximum Gasteiger partial charge on any atom is 0.230 e. The largest absolute Gasteiger partial charge is 0.493 e. The number of para-hydroxylation sites is 1. The highest BCUT2D eigenvalue weighted by Crippen LogP contribution is 2.39. The van der Waals surface area contributed by atoms with Crippen LogP contribution in [-0.2, 0) is 0 Å². The maximum atomic E-state index is 9.85. The molecule has 1 unspecified atom stereocenters. The first kappa shape index (κ1) is 22.7. The fraction of sp³-hybridized carbons (Fsp3) is 0.320. The van der Waals surface area contributed by atoms with E-state index < -0.39 is 0 Å². The van der Waals surface area contributed by atoms with Crippen molar-refractivity contribution in [2.24, 2.45) is 0 Å². The molecule has 3 heterocycles. The number of fused-ring (bicyclic) bond motifs is 1. The Morgan fingerprint density at radius 3 is 2.54 bits per heavy atom. The molecule has 35 heavy (non-hydrogen) atoms. The molecule has 182 valence electrons. The third-order valence-electron chi connectivity index (χ3n) is 6.21. The third-order valence-corrected chi connectivity index (χ3v) is 6.21. The van der Waals surface area contributed by atoms with Gasteiger partial charge in [0.15, 0.2) is 17.3 Å². The van der Waals surface area contributed by atoms with Crippen molar-refractivity contribution in [3.8, 4) is 22.9 Å². The van der Waals surface area contributed by atoms with Crippen LogP contribution in [0.15, 0.2) is 48.9 Å². The summed E-state index contributed by atoms with van der Waals surface area (Å²) >= 11 is 0. The Kier molecular flexibility index (Phi) is 6.28. The summed E-state index contributed by atoms with van der Waals surface area (Å²) in [4.78, 5) is 16.2. The molecule has 2 N–H and O–H groups in total. The Balaban J connectivity index is 1.48. The van der Waals surface area contributed by atoms with Crippen molar-refractivity contribution < 1.29 is 19.3 Å². The number of hydrogen-bond donors (Lipinski definition) is 2. The van der Waals surface area contributed by atoms with Crippen LogP contribution in [0.25, 0.3) is 16.6 Å². The number of imidazole rings is 1. The van der Waals surface area contributed by atoms with Crippen molar-refractivity contribution in [1.29, 1.82) is 0 Å². The van der Waals surface area contributed by atoms with Crippen LogP contribution < -0.4 is 24.4 Å². The van der Waals surface area contributed by atoms with Gasteiger partial charge in [-0.15, -0.1) is 0 Å². The van der Waals surface area contributed by atoms with Crippen LogP contribution in [0.5, 0.6) is 17.2 Å². The lowest BCUT2D eigenvalue weighted by atomic mass is 10.2. The van der Waals surface area contributed by atoms with E-state index in [2.05, 4.69) is 15.2 Å². The lowest BCUT2D eigenvalue weighted by molar-refractivity contribution is 0.266. The minimum atomic E-state index is 0.0559. The van der Waals surface area contributed by atoms with E-state index in [1.165, 1.54) is 0 Å². The predicted molar refractivity (Wildman–Crippen MR) is 133 cm³/mol. The van der Waals surface area contributed by atoms with Crippen LogP contribution in [0.2, 0.25) is 0 Å². The van der Waals surface area contributed by atoms with Gasteiger partial charge in [0.25, 0.3) is 0 Å². The Morgan fingerprint density at radius 1 is 1.06 bits per heavy atom. The lowest BCUT2D eigenvalue weighted by Gasteiger charge is -2.25. The smallest absolute Gasteiger partial charge is 0.230 e. The number of benzene rings is 2. The zero-order chi connectivity index (χ0) is 24.4. The number of aromatic nitrogens is 4. The van der Waals surface area contributed by atoms with Gasteiger partial charge in [0.05, 0.1) is 51.4 Å². The molecule has 0 spiro atoms. The monoisotopic (exact) mass is 476 g/mol. The number of nitrogens with one attached hydrogen (secondary N) is 1. The van der Waals surface area contributed by atoms with Gasteiger partial charge in [0.1, 0.15) is 12.1 Å². The summed E-state index contributed by atoms with van der Waals surface area (Å²) in [6.45, 7) is 0.946. The number of rotatable bonds is 8. The molecule has 0 aliphatic carbocycles. The number of methoxy groups -OCH3 is 3. The lowest BCUT2D eigenvalue weighted by Crippen LogP contribution is -2.33. The van der Waals surface area contributed by atoms with E-state index in [0.717, 1.165) is 41.8 Å². The fourth-order valence-electron chi connectivity index (χ4n) is 4.50. The van der Waals surface area contributed by atoms with Crippen molar-refractivity contribution in [3.05, 3.63) is 48.9 Å². The second kappa shape index (κ2) is 9.67. The van der Waals surface area contributed by atoms with Gasteiger partial charge in [-0.3, -0.25) is 0 Å². The molecule has 0 saturated carbocycles. The Labute approximate surface area is 203 Å². The first-order valence-corrected chi connectivity index (χ1v) is 11.4. The van der Waals surface area contributed by atoms with Gasteiger partial charge < -0.3 is 34.1 Å². The number of aliphatic hydroxyl groups excluding tert-OH is 1. The SMILES string of the molecule is COc1cc(-n2cnc(Nc3nc(N4CCCC4CO)c4ccccc4n3)c2)cc(OC)c1OC. The summed E-state index contributed by atoms with van der Waals surface area (Å²) in [5.41, 5.74) is 1.62. The predicted octanol–water partition coefficient (Wildman–Crippen LogP) is 3.55. The van der Waals surface area contributed by atoms with Crippen LogP contribution in [0, 0.1) is 0 Å². The molecule has 0 amide bonds. The molecule has 10 nitrogen and oxygen atoms in total. The highest BCUT2D eigenvalue weighted by molar-refractivity contribution is 5.91. The molecule has 1 aliphatic heterocycles.